The van der Waals surface area contributed by atoms with Crippen LogP contribution in [0.4, 0.5) is 0 Å². The predicted molar refractivity (Wildman–Crippen MR) is 77.5 cm³/mol. The van der Waals surface area contributed by atoms with Crippen LogP contribution in [0.1, 0.15) is 38.5 Å². The Hall–Kier alpha value is 0.394. The highest BCUT2D eigenvalue weighted by molar-refractivity contribution is 6.90. The van der Waals surface area contributed by atoms with E-state index in [9.17, 15) is 0 Å². The highest BCUT2D eigenvalue weighted by Gasteiger charge is 2.22. The maximum absolute atomic E-state index is 3.74. The number of nitrogens with one attached hydrogen (secondary N) is 1. The third-order valence-corrected chi connectivity index (χ3v) is 8.25. The second kappa shape index (κ2) is 6.87. The molecule has 0 saturated heterocycles. The molecule has 0 bridgehead atoms. The predicted octanol–water partition coefficient (Wildman–Crippen LogP) is 4.59. The molecule has 1 rings (SSSR count). The molecule has 0 heterocycles. The molecule has 1 nitrogen and oxygen atoms in total. The van der Waals surface area contributed by atoms with Gasteiger partial charge in [0.25, 0.3) is 0 Å². The van der Waals surface area contributed by atoms with E-state index in [1.807, 2.05) is 0 Å². The number of hydrogen-bond donors (Lipinski definition) is 1. The van der Waals surface area contributed by atoms with Crippen LogP contribution >= 0.6 is 0 Å². The molecule has 0 aromatic heterocycles. The van der Waals surface area contributed by atoms with Crippen LogP contribution < -0.4 is 4.65 Å². The second-order valence-electron chi connectivity index (χ2n) is 6.75. The summed E-state index contributed by atoms with van der Waals surface area (Å²) in [7, 11) is -1.96. The lowest BCUT2D eigenvalue weighted by Crippen LogP contribution is -2.55. The SMILES string of the molecule is C1CCCCC1.C[Si](C)(C)N[Si](C)(C)C. The summed E-state index contributed by atoms with van der Waals surface area (Å²) in [5.74, 6) is 0. The normalized spacial score (nSPS) is 18.0. The van der Waals surface area contributed by atoms with E-state index in [1.165, 1.54) is 38.5 Å². The highest BCUT2D eigenvalue weighted by Crippen LogP contribution is 2.15. The van der Waals surface area contributed by atoms with Crippen molar-refractivity contribution < 1.29 is 0 Å². The Bertz CT molecular complexity index is 128. The first-order valence-corrected chi connectivity index (χ1v) is 13.5. The van der Waals surface area contributed by atoms with Crippen LogP contribution in [0.3, 0.4) is 0 Å². The van der Waals surface area contributed by atoms with Crippen LogP contribution in [0.15, 0.2) is 0 Å². The first-order chi connectivity index (χ1) is 6.71. The van der Waals surface area contributed by atoms with E-state index < -0.39 is 16.5 Å². The van der Waals surface area contributed by atoms with Gasteiger partial charge in [0.1, 0.15) is 16.5 Å². The average molecular weight is 246 g/mol. The lowest BCUT2D eigenvalue weighted by Gasteiger charge is -2.28. The van der Waals surface area contributed by atoms with Crippen molar-refractivity contribution in [1.82, 2.24) is 4.65 Å². The Morgan fingerprint density at radius 3 is 0.800 bits per heavy atom. The molecule has 1 fully saturated rings. The molecule has 0 unspecified atom stereocenters. The summed E-state index contributed by atoms with van der Waals surface area (Å²) in [5.41, 5.74) is 0. The Morgan fingerprint density at radius 1 is 0.533 bits per heavy atom. The van der Waals surface area contributed by atoms with Gasteiger partial charge in [-0.15, -0.1) is 0 Å². The Kier molecular flexibility index (Phi) is 7.05. The van der Waals surface area contributed by atoms with E-state index in [4.69, 9.17) is 0 Å². The zero-order chi connectivity index (χ0) is 11.9. The standard InChI is InChI=1S/C6H19NSi2.C6H12/c1-8(2,3)7-9(4,5)6;1-2-4-6-5-3-1/h7H,1-6H3;1-6H2. The van der Waals surface area contributed by atoms with Crippen LogP contribution in [0.2, 0.25) is 39.3 Å². The minimum Gasteiger partial charge on any atom is -0.360 e. The molecule has 0 spiro atoms. The van der Waals surface area contributed by atoms with Crippen molar-refractivity contribution >= 4 is 16.5 Å². The van der Waals surface area contributed by atoms with Crippen molar-refractivity contribution in [3.63, 3.8) is 0 Å². The largest absolute Gasteiger partial charge is 0.360 e. The zero-order valence-corrected chi connectivity index (χ0v) is 13.7. The van der Waals surface area contributed by atoms with Gasteiger partial charge in [-0.05, 0) is 0 Å². The van der Waals surface area contributed by atoms with E-state index in [0.717, 1.165) is 0 Å². The molecule has 0 aliphatic heterocycles. The van der Waals surface area contributed by atoms with Crippen molar-refractivity contribution in [2.24, 2.45) is 0 Å². The first-order valence-electron chi connectivity index (χ1n) is 6.50. The van der Waals surface area contributed by atoms with Gasteiger partial charge in [-0.3, -0.25) is 0 Å². The van der Waals surface area contributed by atoms with Crippen LogP contribution in [0, 0.1) is 0 Å². The summed E-state index contributed by atoms with van der Waals surface area (Å²) < 4.78 is 3.74. The molecule has 1 aliphatic rings. The lowest BCUT2D eigenvalue weighted by atomic mass is 10.0. The number of hydrogen-bond acceptors (Lipinski definition) is 1. The van der Waals surface area contributed by atoms with E-state index >= 15 is 0 Å². The molecule has 1 saturated carbocycles. The van der Waals surface area contributed by atoms with Gasteiger partial charge in [-0.25, -0.2) is 0 Å². The summed E-state index contributed by atoms with van der Waals surface area (Å²) in [6, 6.07) is 0. The summed E-state index contributed by atoms with van der Waals surface area (Å²) in [6.07, 6.45) is 9.00. The van der Waals surface area contributed by atoms with Crippen molar-refractivity contribution in [1.29, 1.82) is 0 Å². The van der Waals surface area contributed by atoms with Crippen LogP contribution in [-0.4, -0.2) is 16.5 Å². The van der Waals surface area contributed by atoms with E-state index in [1.54, 1.807) is 0 Å². The van der Waals surface area contributed by atoms with Gasteiger partial charge in [-0.1, -0.05) is 77.8 Å². The van der Waals surface area contributed by atoms with Gasteiger partial charge in [0.2, 0.25) is 0 Å². The van der Waals surface area contributed by atoms with Gasteiger partial charge in [0, 0.05) is 0 Å². The maximum atomic E-state index is 3.74. The van der Waals surface area contributed by atoms with Crippen molar-refractivity contribution in [2.45, 2.75) is 77.8 Å². The van der Waals surface area contributed by atoms with Crippen molar-refractivity contribution in [3.8, 4) is 0 Å². The van der Waals surface area contributed by atoms with Crippen LogP contribution in [-0.2, 0) is 0 Å². The molecule has 0 radical (unpaired) electrons. The Labute approximate surface area is 99.2 Å². The summed E-state index contributed by atoms with van der Waals surface area (Å²) in [6.45, 7) is 14.1. The smallest absolute Gasteiger partial charge is 0.109 e. The minimum absolute atomic E-state index is 0.981. The van der Waals surface area contributed by atoms with Crippen LogP contribution in [0.25, 0.3) is 0 Å². The second-order valence-corrected chi connectivity index (χ2v) is 16.7. The molecule has 0 atom stereocenters. The lowest BCUT2D eigenvalue weighted by molar-refractivity contribution is 0.504. The van der Waals surface area contributed by atoms with Gasteiger partial charge in [-0.2, -0.15) is 0 Å². The average Bonchev–Trinajstić information content (AvgIpc) is 2.01. The summed E-state index contributed by atoms with van der Waals surface area (Å²) >= 11 is 0. The molecule has 15 heavy (non-hydrogen) atoms. The monoisotopic (exact) mass is 245 g/mol. The molecular weight excluding hydrogens is 214 g/mol. The molecular formula is C12H31NSi2. The van der Waals surface area contributed by atoms with Gasteiger partial charge < -0.3 is 4.65 Å². The highest BCUT2D eigenvalue weighted by atomic mass is 28.4. The summed E-state index contributed by atoms with van der Waals surface area (Å²) in [5, 5.41) is 0. The summed E-state index contributed by atoms with van der Waals surface area (Å²) in [4.78, 5) is 0. The number of rotatable bonds is 2. The molecule has 0 amide bonds. The zero-order valence-electron chi connectivity index (χ0n) is 11.7. The Morgan fingerprint density at radius 2 is 0.733 bits per heavy atom. The van der Waals surface area contributed by atoms with Gasteiger partial charge in [0.05, 0.1) is 0 Å². The fourth-order valence-corrected chi connectivity index (χ4v) is 11.2. The fraction of sp³-hybridized carbons (Fsp3) is 1.00. The third-order valence-electron chi connectivity index (χ3n) is 2.25. The molecule has 92 valence electrons. The molecule has 1 N–H and O–H groups in total. The first kappa shape index (κ1) is 15.4. The van der Waals surface area contributed by atoms with Crippen molar-refractivity contribution in [2.75, 3.05) is 0 Å². The fourth-order valence-electron chi connectivity index (χ4n) is 2.19. The Balaban J connectivity index is 0.000000280. The van der Waals surface area contributed by atoms with Gasteiger partial charge >= 0.3 is 0 Å². The third kappa shape index (κ3) is 14.4. The van der Waals surface area contributed by atoms with E-state index in [2.05, 4.69) is 43.9 Å². The maximum Gasteiger partial charge on any atom is 0.109 e. The minimum atomic E-state index is -0.981. The molecule has 0 aromatic rings. The quantitative estimate of drug-likeness (QED) is 0.702. The van der Waals surface area contributed by atoms with Crippen LogP contribution in [0.5, 0.6) is 0 Å². The van der Waals surface area contributed by atoms with E-state index in [-0.39, 0.29) is 0 Å². The molecule has 0 aromatic carbocycles. The molecule has 1 aliphatic carbocycles. The topological polar surface area (TPSA) is 12.0 Å². The molecule has 3 heteroatoms. The van der Waals surface area contributed by atoms with E-state index in [0.29, 0.717) is 0 Å². The van der Waals surface area contributed by atoms with Crippen molar-refractivity contribution in [3.05, 3.63) is 0 Å². The van der Waals surface area contributed by atoms with Gasteiger partial charge in [0.15, 0.2) is 0 Å².